The van der Waals surface area contributed by atoms with Crippen molar-refractivity contribution in [1.29, 1.82) is 0 Å². The van der Waals surface area contributed by atoms with Crippen molar-refractivity contribution in [2.45, 2.75) is 27.2 Å². The summed E-state index contributed by atoms with van der Waals surface area (Å²) in [7, 11) is 0. The van der Waals surface area contributed by atoms with Gasteiger partial charge in [-0.25, -0.2) is 9.78 Å². The van der Waals surface area contributed by atoms with Gasteiger partial charge in [0.1, 0.15) is 5.82 Å². The van der Waals surface area contributed by atoms with Gasteiger partial charge in [-0.3, -0.25) is 4.79 Å². The minimum absolute atomic E-state index is 0. The number of rotatable bonds is 5. The maximum absolute atomic E-state index is 12.0. The number of aromatic carboxylic acids is 1. The number of aromatic nitrogens is 1. The molecule has 0 unspecified atom stereocenters. The first-order valence-electron chi connectivity index (χ1n) is 10.9. The Morgan fingerprint density at radius 2 is 1.63 bits per heavy atom. The molecule has 2 N–H and O–H groups in total. The highest BCUT2D eigenvalue weighted by atomic mass is 35.5. The van der Waals surface area contributed by atoms with Crippen molar-refractivity contribution in [1.82, 2.24) is 4.98 Å². The highest BCUT2D eigenvalue weighted by Crippen LogP contribution is 2.28. The number of hydrogen-bond donors (Lipinski definition) is 2. The molecule has 35 heavy (non-hydrogen) atoms. The lowest BCUT2D eigenvalue weighted by Crippen LogP contribution is -2.47. The minimum Gasteiger partial charge on any atom is -0.478 e. The van der Waals surface area contributed by atoms with E-state index in [0.29, 0.717) is 28.8 Å². The molecule has 1 saturated heterocycles. The molecule has 2 aromatic carbocycles. The Hall–Kier alpha value is -2.74. The Kier molecular flexibility index (Phi) is 11.1. The Morgan fingerprint density at radius 3 is 2.26 bits per heavy atom. The van der Waals surface area contributed by atoms with Crippen molar-refractivity contribution in [3.8, 4) is 0 Å². The number of benzene rings is 2. The average Bonchev–Trinajstić information content (AvgIpc) is 2.80. The number of anilines is 3. The average molecular weight is 542 g/mol. The van der Waals surface area contributed by atoms with Crippen molar-refractivity contribution in [2.75, 3.05) is 41.3 Å². The van der Waals surface area contributed by atoms with Gasteiger partial charge >= 0.3 is 5.97 Å². The summed E-state index contributed by atoms with van der Waals surface area (Å²) >= 11 is 0. The lowest BCUT2D eigenvalue weighted by atomic mass is 10.1. The number of carbonyl (C=O) groups is 2. The van der Waals surface area contributed by atoms with Crippen molar-refractivity contribution >= 4 is 77.2 Å². The molecule has 0 bridgehead atoms. The van der Waals surface area contributed by atoms with Crippen LogP contribution >= 0.6 is 37.2 Å². The van der Waals surface area contributed by atoms with E-state index in [-0.39, 0.29) is 48.7 Å². The van der Waals surface area contributed by atoms with Crippen LogP contribution in [0.4, 0.5) is 17.2 Å². The lowest BCUT2D eigenvalue weighted by Gasteiger charge is -2.37. The fourth-order valence-corrected chi connectivity index (χ4v) is 4.13. The van der Waals surface area contributed by atoms with E-state index in [0.717, 1.165) is 26.2 Å². The Labute approximate surface area is 224 Å². The monoisotopic (exact) mass is 540 g/mol. The van der Waals surface area contributed by atoms with Crippen molar-refractivity contribution < 1.29 is 14.7 Å². The number of carboxylic acids is 1. The predicted octanol–water partition coefficient (Wildman–Crippen LogP) is 5.49. The number of fused-ring (bicyclic) bond motifs is 1. The van der Waals surface area contributed by atoms with Gasteiger partial charge < -0.3 is 20.2 Å². The van der Waals surface area contributed by atoms with Crippen LogP contribution in [0.3, 0.4) is 0 Å². The van der Waals surface area contributed by atoms with E-state index in [9.17, 15) is 14.7 Å². The van der Waals surface area contributed by atoms with Gasteiger partial charge in [0.15, 0.2) is 0 Å². The second kappa shape index (κ2) is 12.8. The summed E-state index contributed by atoms with van der Waals surface area (Å²) in [6.07, 6.45) is 0.356. The summed E-state index contributed by atoms with van der Waals surface area (Å²) in [5, 5.41) is 13.1. The van der Waals surface area contributed by atoms with E-state index >= 15 is 0 Å². The number of amides is 1. The smallest absolute Gasteiger partial charge is 0.336 e. The van der Waals surface area contributed by atoms with E-state index in [1.54, 1.807) is 31.2 Å². The third kappa shape index (κ3) is 6.48. The SMILES string of the molecule is CCC(=O)Nc1ccc2nc(N3CCN(c4cccc(C)c4C)CC3)cc(C(=O)O)c2c1.Cl.Cl.Cl. The number of hydrogen-bond acceptors (Lipinski definition) is 5. The minimum atomic E-state index is -1.01. The molecule has 7 nitrogen and oxygen atoms in total. The normalized spacial score (nSPS) is 12.8. The number of piperazine rings is 1. The zero-order chi connectivity index (χ0) is 22.8. The first-order valence-corrected chi connectivity index (χ1v) is 10.9. The number of pyridine rings is 1. The number of carbonyl (C=O) groups excluding carboxylic acids is 1. The molecule has 0 atom stereocenters. The summed E-state index contributed by atoms with van der Waals surface area (Å²) < 4.78 is 0. The summed E-state index contributed by atoms with van der Waals surface area (Å²) in [5.74, 6) is -0.458. The topological polar surface area (TPSA) is 85.8 Å². The molecule has 1 aliphatic heterocycles. The first-order chi connectivity index (χ1) is 15.4. The molecule has 0 radical (unpaired) electrons. The molecule has 0 aliphatic carbocycles. The second-order valence-corrected chi connectivity index (χ2v) is 8.16. The van der Waals surface area contributed by atoms with Crippen molar-refractivity contribution in [3.63, 3.8) is 0 Å². The van der Waals surface area contributed by atoms with Crippen LogP contribution in [0.15, 0.2) is 42.5 Å². The zero-order valence-corrected chi connectivity index (χ0v) is 22.4. The predicted molar refractivity (Wildman–Crippen MR) is 150 cm³/mol. The Balaban J connectivity index is 0.00000204. The van der Waals surface area contributed by atoms with Gasteiger partial charge in [-0.2, -0.15) is 0 Å². The molecule has 190 valence electrons. The second-order valence-electron chi connectivity index (χ2n) is 8.16. The third-order valence-corrected chi connectivity index (χ3v) is 6.15. The molecular weight excluding hydrogens is 511 g/mol. The van der Waals surface area contributed by atoms with Crippen LogP contribution in [0.2, 0.25) is 0 Å². The highest BCUT2D eigenvalue weighted by Gasteiger charge is 2.22. The standard InChI is InChI=1S/C25H28N4O3.3ClH/c1-4-24(30)26-18-8-9-21-19(14-18)20(25(31)32)15-23(27-21)29-12-10-28(11-13-29)22-7-5-6-16(2)17(22)3;;;/h5-9,14-15H,4,10-13H2,1-3H3,(H,26,30)(H,31,32);3*1H. The maximum Gasteiger partial charge on any atom is 0.336 e. The molecule has 1 aromatic heterocycles. The van der Waals surface area contributed by atoms with Gasteiger partial charge in [0.05, 0.1) is 11.1 Å². The van der Waals surface area contributed by atoms with E-state index in [4.69, 9.17) is 4.98 Å². The first kappa shape index (κ1) is 30.3. The Bertz CT molecular complexity index is 1200. The number of aryl methyl sites for hydroxylation is 1. The number of nitrogens with zero attached hydrogens (tertiary/aromatic N) is 3. The van der Waals surface area contributed by atoms with Gasteiger partial charge in [0.25, 0.3) is 0 Å². The van der Waals surface area contributed by atoms with E-state index < -0.39 is 5.97 Å². The summed E-state index contributed by atoms with van der Waals surface area (Å²) in [5.41, 5.74) is 5.19. The highest BCUT2D eigenvalue weighted by molar-refractivity contribution is 6.05. The van der Waals surface area contributed by atoms with E-state index in [1.807, 2.05) is 0 Å². The van der Waals surface area contributed by atoms with Crippen LogP contribution in [0.5, 0.6) is 0 Å². The zero-order valence-electron chi connectivity index (χ0n) is 19.9. The molecule has 1 fully saturated rings. The molecule has 0 saturated carbocycles. The molecule has 1 aliphatic rings. The van der Waals surface area contributed by atoms with Crippen LogP contribution in [0.1, 0.15) is 34.8 Å². The van der Waals surface area contributed by atoms with Gasteiger partial charge in [0, 0.05) is 49.4 Å². The molecule has 4 rings (SSSR count). The molecule has 1 amide bonds. The maximum atomic E-state index is 12.0. The van der Waals surface area contributed by atoms with E-state index in [2.05, 4.69) is 47.2 Å². The number of carboxylic acid groups (broad SMARTS) is 1. The number of nitrogens with one attached hydrogen (secondary N) is 1. The van der Waals surface area contributed by atoms with Crippen LogP contribution in [-0.2, 0) is 4.79 Å². The van der Waals surface area contributed by atoms with Crippen LogP contribution < -0.4 is 15.1 Å². The fourth-order valence-electron chi connectivity index (χ4n) is 4.13. The van der Waals surface area contributed by atoms with Gasteiger partial charge in [-0.15, -0.1) is 37.2 Å². The van der Waals surface area contributed by atoms with Gasteiger partial charge in [-0.05, 0) is 55.3 Å². The lowest BCUT2D eigenvalue weighted by molar-refractivity contribution is -0.115. The largest absolute Gasteiger partial charge is 0.478 e. The third-order valence-electron chi connectivity index (χ3n) is 6.15. The van der Waals surface area contributed by atoms with E-state index in [1.165, 1.54) is 16.8 Å². The number of halogens is 3. The molecule has 0 spiro atoms. The molecular formula is C25H31Cl3N4O3. The van der Waals surface area contributed by atoms with Gasteiger partial charge in [0.2, 0.25) is 5.91 Å². The quantitative estimate of drug-likeness (QED) is 0.444. The van der Waals surface area contributed by atoms with Crippen LogP contribution in [-0.4, -0.2) is 48.1 Å². The van der Waals surface area contributed by atoms with Crippen LogP contribution in [0.25, 0.3) is 10.9 Å². The van der Waals surface area contributed by atoms with Gasteiger partial charge in [-0.1, -0.05) is 19.1 Å². The summed E-state index contributed by atoms with van der Waals surface area (Å²) in [4.78, 5) is 33.0. The molecule has 2 heterocycles. The van der Waals surface area contributed by atoms with Crippen molar-refractivity contribution in [2.24, 2.45) is 0 Å². The summed E-state index contributed by atoms with van der Waals surface area (Å²) in [6, 6.07) is 13.2. The van der Waals surface area contributed by atoms with Crippen LogP contribution in [0, 0.1) is 13.8 Å². The summed E-state index contributed by atoms with van der Waals surface area (Å²) in [6.45, 7) is 9.25. The molecule has 3 aromatic rings. The fraction of sp³-hybridized carbons (Fsp3) is 0.320. The molecule has 10 heteroatoms. The Morgan fingerprint density at radius 1 is 0.971 bits per heavy atom. The van der Waals surface area contributed by atoms with Crippen molar-refractivity contribution in [3.05, 3.63) is 59.2 Å².